The molecule has 3 aromatic rings. The van der Waals surface area contributed by atoms with Crippen LogP contribution in [-0.2, 0) is 17.9 Å². The van der Waals surface area contributed by atoms with Crippen molar-refractivity contribution in [1.82, 2.24) is 19.6 Å². The van der Waals surface area contributed by atoms with Gasteiger partial charge in [-0.2, -0.15) is 10.2 Å². The number of aromatic nitrogens is 4. The number of nitrogens with zero attached hydrogens (tertiary/aromatic N) is 5. The van der Waals surface area contributed by atoms with Crippen LogP contribution in [0.2, 0.25) is 0 Å². The van der Waals surface area contributed by atoms with Crippen molar-refractivity contribution in [2.45, 2.75) is 20.0 Å². The number of anilines is 1. The zero-order valence-electron chi connectivity index (χ0n) is 13.8. The summed E-state index contributed by atoms with van der Waals surface area (Å²) in [6, 6.07) is 6.05. The van der Waals surface area contributed by atoms with Gasteiger partial charge in [0.1, 0.15) is 24.3 Å². The van der Waals surface area contributed by atoms with Gasteiger partial charge in [0.2, 0.25) is 5.91 Å². The van der Waals surface area contributed by atoms with Gasteiger partial charge in [0.25, 0.3) is 0 Å². The fraction of sp³-hybridized carbons (Fsp3) is 0.188. The van der Waals surface area contributed by atoms with Crippen LogP contribution in [-0.4, -0.2) is 30.4 Å². The lowest BCUT2D eigenvalue weighted by atomic mass is 10.2. The van der Waals surface area contributed by atoms with E-state index in [1.807, 2.05) is 0 Å². The van der Waals surface area contributed by atoms with E-state index in [0.717, 1.165) is 5.56 Å². The summed E-state index contributed by atoms with van der Waals surface area (Å²) in [5.41, 5.74) is 1.46. The van der Waals surface area contributed by atoms with Crippen molar-refractivity contribution in [3.05, 3.63) is 70.0 Å². The molecule has 9 nitrogen and oxygen atoms in total. The molecule has 0 aliphatic heterocycles. The van der Waals surface area contributed by atoms with Gasteiger partial charge in [0.05, 0.1) is 23.4 Å². The molecule has 0 saturated heterocycles. The third-order valence-corrected chi connectivity index (χ3v) is 3.60. The van der Waals surface area contributed by atoms with Gasteiger partial charge in [-0.25, -0.2) is 4.39 Å². The fourth-order valence-electron chi connectivity index (χ4n) is 2.41. The third-order valence-electron chi connectivity index (χ3n) is 3.60. The Kier molecular flexibility index (Phi) is 4.74. The number of aryl methyl sites for hydroxylation is 1. The van der Waals surface area contributed by atoms with Crippen LogP contribution in [0.4, 0.5) is 15.8 Å². The Morgan fingerprint density at radius 1 is 1.27 bits per heavy atom. The summed E-state index contributed by atoms with van der Waals surface area (Å²) in [4.78, 5) is 22.3. The second kappa shape index (κ2) is 7.13. The molecule has 0 saturated carbocycles. The molecule has 0 atom stereocenters. The second-order valence-electron chi connectivity index (χ2n) is 5.66. The molecular formula is C16H15FN6O3. The highest BCUT2D eigenvalue weighted by molar-refractivity contribution is 5.90. The quantitative estimate of drug-likeness (QED) is 0.536. The summed E-state index contributed by atoms with van der Waals surface area (Å²) < 4.78 is 15.7. The largest absolute Gasteiger partial charge is 0.322 e. The van der Waals surface area contributed by atoms with Gasteiger partial charge in [0, 0.05) is 6.20 Å². The van der Waals surface area contributed by atoms with E-state index in [2.05, 4.69) is 15.5 Å². The van der Waals surface area contributed by atoms with Crippen LogP contribution in [0.5, 0.6) is 0 Å². The van der Waals surface area contributed by atoms with Crippen molar-refractivity contribution in [3.63, 3.8) is 0 Å². The van der Waals surface area contributed by atoms with Gasteiger partial charge < -0.3 is 5.32 Å². The van der Waals surface area contributed by atoms with E-state index < -0.39 is 4.92 Å². The van der Waals surface area contributed by atoms with Crippen molar-refractivity contribution >= 4 is 17.3 Å². The van der Waals surface area contributed by atoms with Crippen LogP contribution in [0.3, 0.4) is 0 Å². The summed E-state index contributed by atoms with van der Waals surface area (Å²) >= 11 is 0. The zero-order chi connectivity index (χ0) is 18.7. The predicted molar refractivity (Wildman–Crippen MR) is 90.0 cm³/mol. The van der Waals surface area contributed by atoms with Gasteiger partial charge in [-0.1, -0.05) is 12.1 Å². The minimum absolute atomic E-state index is 0.134. The number of amides is 1. The average Bonchev–Trinajstić information content (AvgIpc) is 3.16. The molecule has 10 heteroatoms. The number of nitro groups is 1. The standard InChI is InChI=1S/C16H15FN6O3/c1-11-15(23(25)26)9-22(20-11)10-16(24)19-14-6-18-21(8-14)7-12-2-4-13(17)5-3-12/h2-6,8-9H,7,10H2,1H3,(H,19,24). The number of carbonyl (C=O) groups is 1. The SMILES string of the molecule is Cc1nn(CC(=O)Nc2cnn(Cc3ccc(F)cc3)c2)cc1[N+](=O)[O-]. The van der Waals surface area contributed by atoms with Crippen LogP contribution in [0.15, 0.2) is 42.9 Å². The van der Waals surface area contributed by atoms with E-state index in [9.17, 15) is 19.3 Å². The Labute approximate surface area is 147 Å². The van der Waals surface area contributed by atoms with E-state index in [1.54, 1.807) is 23.0 Å². The molecular weight excluding hydrogens is 343 g/mol. The lowest BCUT2D eigenvalue weighted by Crippen LogP contribution is -2.18. The number of rotatable bonds is 6. The third kappa shape index (κ3) is 4.09. The molecule has 0 spiro atoms. The average molecular weight is 358 g/mol. The van der Waals surface area contributed by atoms with Gasteiger partial charge in [-0.15, -0.1) is 0 Å². The molecule has 1 amide bonds. The van der Waals surface area contributed by atoms with Gasteiger partial charge in [-0.05, 0) is 24.6 Å². The van der Waals surface area contributed by atoms with Crippen LogP contribution in [0.25, 0.3) is 0 Å². The van der Waals surface area contributed by atoms with E-state index in [1.165, 1.54) is 36.1 Å². The number of nitrogens with one attached hydrogen (secondary N) is 1. The fourth-order valence-corrected chi connectivity index (χ4v) is 2.41. The lowest BCUT2D eigenvalue weighted by Gasteiger charge is -2.03. The highest BCUT2D eigenvalue weighted by Crippen LogP contribution is 2.15. The molecule has 0 unspecified atom stereocenters. The van der Waals surface area contributed by atoms with Crippen LogP contribution in [0, 0.1) is 22.9 Å². The minimum Gasteiger partial charge on any atom is -0.322 e. The first kappa shape index (κ1) is 17.3. The number of halogens is 1. The molecule has 3 rings (SSSR count). The second-order valence-corrected chi connectivity index (χ2v) is 5.66. The Balaban J connectivity index is 1.60. The number of carbonyl (C=O) groups excluding carboxylic acids is 1. The van der Waals surface area contributed by atoms with Crippen molar-refractivity contribution in [1.29, 1.82) is 0 Å². The summed E-state index contributed by atoms with van der Waals surface area (Å²) in [5.74, 6) is -0.694. The van der Waals surface area contributed by atoms with Gasteiger partial charge in [-0.3, -0.25) is 24.3 Å². The van der Waals surface area contributed by atoms with Crippen LogP contribution < -0.4 is 5.32 Å². The molecule has 0 aliphatic rings. The Hall–Kier alpha value is -3.56. The zero-order valence-corrected chi connectivity index (χ0v) is 13.8. The normalized spacial score (nSPS) is 10.7. The molecule has 0 bridgehead atoms. The van der Waals surface area contributed by atoms with Crippen LogP contribution in [0.1, 0.15) is 11.3 Å². The minimum atomic E-state index is -0.545. The number of hydrogen-bond donors (Lipinski definition) is 1. The number of benzene rings is 1. The molecule has 0 fully saturated rings. The van der Waals surface area contributed by atoms with E-state index in [0.29, 0.717) is 12.2 Å². The lowest BCUT2D eigenvalue weighted by molar-refractivity contribution is -0.385. The molecule has 0 radical (unpaired) electrons. The molecule has 2 heterocycles. The highest BCUT2D eigenvalue weighted by atomic mass is 19.1. The first-order valence-electron chi connectivity index (χ1n) is 7.66. The van der Waals surface area contributed by atoms with Crippen molar-refractivity contribution < 1.29 is 14.1 Å². The number of hydrogen-bond acceptors (Lipinski definition) is 5. The topological polar surface area (TPSA) is 108 Å². The van der Waals surface area contributed by atoms with Gasteiger partial charge in [0.15, 0.2) is 0 Å². The first-order chi connectivity index (χ1) is 12.4. The van der Waals surface area contributed by atoms with E-state index in [-0.39, 0.29) is 29.7 Å². The Morgan fingerprint density at radius 2 is 2.00 bits per heavy atom. The summed E-state index contributed by atoms with van der Waals surface area (Å²) in [7, 11) is 0. The van der Waals surface area contributed by atoms with Crippen molar-refractivity contribution in [2.24, 2.45) is 0 Å². The predicted octanol–water partition coefficient (Wildman–Crippen LogP) is 2.12. The van der Waals surface area contributed by atoms with E-state index >= 15 is 0 Å². The molecule has 2 aromatic heterocycles. The monoisotopic (exact) mass is 358 g/mol. The summed E-state index contributed by atoms with van der Waals surface area (Å²) in [5, 5.41) is 21.5. The first-order valence-corrected chi connectivity index (χ1v) is 7.66. The molecule has 0 aliphatic carbocycles. The van der Waals surface area contributed by atoms with Gasteiger partial charge >= 0.3 is 5.69 Å². The Bertz CT molecular complexity index is 947. The Morgan fingerprint density at radius 3 is 2.65 bits per heavy atom. The summed E-state index contributed by atoms with van der Waals surface area (Å²) in [6.45, 7) is 1.78. The molecule has 1 aromatic carbocycles. The van der Waals surface area contributed by atoms with Crippen molar-refractivity contribution in [2.75, 3.05) is 5.32 Å². The van der Waals surface area contributed by atoms with Crippen LogP contribution >= 0.6 is 0 Å². The molecule has 134 valence electrons. The maximum atomic E-state index is 12.9. The highest BCUT2D eigenvalue weighted by Gasteiger charge is 2.16. The van der Waals surface area contributed by atoms with Crippen molar-refractivity contribution in [3.8, 4) is 0 Å². The molecule has 26 heavy (non-hydrogen) atoms. The smallest absolute Gasteiger partial charge is 0.309 e. The summed E-state index contributed by atoms with van der Waals surface area (Å²) in [6.07, 6.45) is 4.34. The maximum Gasteiger partial charge on any atom is 0.309 e. The van der Waals surface area contributed by atoms with E-state index in [4.69, 9.17) is 0 Å². The maximum absolute atomic E-state index is 12.9. The molecule has 1 N–H and O–H groups in total.